The second kappa shape index (κ2) is 10.9. The van der Waals surface area contributed by atoms with Gasteiger partial charge in [-0.15, -0.1) is 0 Å². The summed E-state index contributed by atoms with van der Waals surface area (Å²) in [5, 5.41) is 15.3. The maximum absolute atomic E-state index is 10.7. The first kappa shape index (κ1) is 27.4. The standard InChI is InChI=1S/C44H26N4/c1-46-31-24-25-37-36-17-5-9-22-42(36)48(44(37)27-31)39-19-6-2-14-33(39)30-13-10-12-29(26-30)32-18-11-23-43(38(32)28-45)47-40-20-7-3-15-34(40)35-16-4-8-21-41(35)47/h2-27H. The minimum Gasteiger partial charge on any atom is -0.310 e. The molecule has 4 nitrogen and oxygen atoms in total. The molecule has 0 aliphatic heterocycles. The quantitative estimate of drug-likeness (QED) is 0.183. The first-order valence-corrected chi connectivity index (χ1v) is 15.9. The van der Waals surface area contributed by atoms with E-state index >= 15 is 0 Å². The molecule has 0 unspecified atom stereocenters. The molecule has 4 heteroatoms. The lowest BCUT2D eigenvalue weighted by Gasteiger charge is -2.16. The van der Waals surface area contributed by atoms with Gasteiger partial charge in [-0.1, -0.05) is 115 Å². The van der Waals surface area contributed by atoms with Crippen LogP contribution >= 0.6 is 0 Å². The third-order valence-electron chi connectivity index (χ3n) is 9.39. The number of hydrogen-bond donors (Lipinski definition) is 0. The first-order chi connectivity index (χ1) is 23.7. The van der Waals surface area contributed by atoms with Crippen LogP contribution in [0.3, 0.4) is 0 Å². The zero-order valence-electron chi connectivity index (χ0n) is 25.8. The lowest BCUT2D eigenvalue weighted by atomic mass is 9.94. The van der Waals surface area contributed by atoms with Crippen molar-refractivity contribution in [2.24, 2.45) is 0 Å². The van der Waals surface area contributed by atoms with Crippen LogP contribution in [-0.2, 0) is 0 Å². The summed E-state index contributed by atoms with van der Waals surface area (Å²) in [6.07, 6.45) is 0. The van der Waals surface area contributed by atoms with E-state index in [1.165, 1.54) is 0 Å². The van der Waals surface area contributed by atoms with Crippen molar-refractivity contribution in [3.63, 3.8) is 0 Å². The molecule has 0 saturated carbocycles. The predicted octanol–water partition coefficient (Wildman–Crippen LogP) is 11.6. The molecule has 222 valence electrons. The molecule has 0 radical (unpaired) electrons. The van der Waals surface area contributed by atoms with Crippen molar-refractivity contribution in [2.75, 3.05) is 0 Å². The molecular formula is C44H26N4. The topological polar surface area (TPSA) is 38.0 Å². The Labute approximate surface area is 277 Å². The maximum atomic E-state index is 10.7. The van der Waals surface area contributed by atoms with Gasteiger partial charge >= 0.3 is 0 Å². The molecule has 0 atom stereocenters. The van der Waals surface area contributed by atoms with E-state index < -0.39 is 0 Å². The van der Waals surface area contributed by atoms with Crippen molar-refractivity contribution in [1.29, 1.82) is 5.26 Å². The molecule has 2 heterocycles. The average Bonchev–Trinajstić information content (AvgIpc) is 3.67. The van der Waals surface area contributed by atoms with Crippen LogP contribution < -0.4 is 0 Å². The van der Waals surface area contributed by atoms with Crippen molar-refractivity contribution in [3.8, 4) is 39.7 Å². The number of aromatic nitrogens is 2. The Kier molecular flexibility index (Phi) is 6.22. The fraction of sp³-hybridized carbons (Fsp3) is 0. The molecule has 0 N–H and O–H groups in total. The smallest absolute Gasteiger partial charge is 0.189 e. The van der Waals surface area contributed by atoms with E-state index in [1.54, 1.807) is 0 Å². The summed E-state index contributed by atoms with van der Waals surface area (Å²) in [6.45, 7) is 7.68. The van der Waals surface area contributed by atoms with E-state index in [2.05, 4.69) is 135 Å². The number of rotatable bonds is 4. The van der Waals surface area contributed by atoms with Gasteiger partial charge in [-0.2, -0.15) is 5.26 Å². The van der Waals surface area contributed by atoms with Crippen molar-refractivity contribution in [2.45, 2.75) is 0 Å². The molecule has 0 spiro atoms. The predicted molar refractivity (Wildman–Crippen MR) is 197 cm³/mol. The largest absolute Gasteiger partial charge is 0.310 e. The number of nitrogens with zero attached hydrogens (tertiary/aromatic N) is 4. The summed E-state index contributed by atoms with van der Waals surface area (Å²) < 4.78 is 4.48. The summed E-state index contributed by atoms with van der Waals surface area (Å²) >= 11 is 0. The third kappa shape index (κ3) is 4.07. The number of nitriles is 1. The van der Waals surface area contributed by atoms with E-state index in [9.17, 15) is 5.26 Å². The lowest BCUT2D eigenvalue weighted by molar-refractivity contribution is 1.17. The van der Waals surface area contributed by atoms with Crippen molar-refractivity contribution < 1.29 is 0 Å². The fourth-order valence-electron chi connectivity index (χ4n) is 7.32. The minimum atomic E-state index is 0.609. The minimum absolute atomic E-state index is 0.609. The highest BCUT2D eigenvalue weighted by Crippen LogP contribution is 2.40. The van der Waals surface area contributed by atoms with E-state index in [-0.39, 0.29) is 0 Å². The zero-order valence-corrected chi connectivity index (χ0v) is 25.8. The summed E-state index contributed by atoms with van der Waals surface area (Å²) in [5.41, 5.74) is 11.3. The van der Waals surface area contributed by atoms with Crippen LogP contribution in [0.15, 0.2) is 158 Å². The molecule has 0 amide bonds. The van der Waals surface area contributed by atoms with Crippen molar-refractivity contribution in [3.05, 3.63) is 175 Å². The molecular weight excluding hydrogens is 585 g/mol. The van der Waals surface area contributed by atoms with E-state index in [1.807, 2.05) is 42.5 Å². The van der Waals surface area contributed by atoms with E-state index in [0.717, 1.165) is 77.2 Å². The normalized spacial score (nSPS) is 11.3. The van der Waals surface area contributed by atoms with Gasteiger partial charge in [0.2, 0.25) is 0 Å². The second-order valence-corrected chi connectivity index (χ2v) is 11.9. The number of benzene rings is 7. The molecule has 9 aromatic rings. The summed E-state index contributed by atoms with van der Waals surface area (Å²) in [7, 11) is 0. The number of hydrogen-bond acceptors (Lipinski definition) is 1. The molecule has 0 aliphatic carbocycles. The SMILES string of the molecule is [C-]#[N+]c1ccc2c3ccccc3n(-c3ccccc3-c3cccc(-c4cccc(-n5c6ccccc6c6ccccc65)c4C#N)c3)c2c1. The van der Waals surface area contributed by atoms with E-state index in [0.29, 0.717) is 11.3 Å². The van der Waals surface area contributed by atoms with Gasteiger partial charge in [0, 0.05) is 38.2 Å². The fourth-order valence-corrected chi connectivity index (χ4v) is 7.32. The maximum Gasteiger partial charge on any atom is 0.189 e. The average molecular weight is 611 g/mol. The van der Waals surface area contributed by atoms with Gasteiger partial charge in [0.25, 0.3) is 0 Å². The summed E-state index contributed by atoms with van der Waals surface area (Å²) in [6, 6.07) is 56.7. The Bertz CT molecular complexity index is 2760. The van der Waals surface area contributed by atoms with Crippen LogP contribution in [-0.4, -0.2) is 9.13 Å². The summed E-state index contributed by atoms with van der Waals surface area (Å²) in [4.78, 5) is 3.74. The van der Waals surface area contributed by atoms with Gasteiger partial charge in [0.15, 0.2) is 5.69 Å². The van der Waals surface area contributed by atoms with Gasteiger partial charge in [-0.25, -0.2) is 4.85 Å². The molecule has 0 fully saturated rings. The van der Waals surface area contributed by atoms with Crippen LogP contribution in [0.5, 0.6) is 0 Å². The highest BCUT2D eigenvalue weighted by atomic mass is 15.0. The Hall–Kier alpha value is -6.88. The monoisotopic (exact) mass is 610 g/mol. The molecule has 0 bridgehead atoms. The summed E-state index contributed by atoms with van der Waals surface area (Å²) in [5.74, 6) is 0. The van der Waals surface area contributed by atoms with Gasteiger partial charge < -0.3 is 9.13 Å². The molecule has 9 rings (SSSR count). The number of para-hydroxylation sites is 4. The van der Waals surface area contributed by atoms with Gasteiger partial charge in [0.05, 0.1) is 40.1 Å². The Morgan fingerprint density at radius 1 is 0.458 bits per heavy atom. The van der Waals surface area contributed by atoms with Gasteiger partial charge in [0.1, 0.15) is 6.07 Å². The van der Waals surface area contributed by atoms with Crippen LogP contribution in [0.4, 0.5) is 5.69 Å². The Balaban J connectivity index is 1.24. The van der Waals surface area contributed by atoms with Gasteiger partial charge in [-0.05, 0) is 53.6 Å². The molecule has 7 aromatic carbocycles. The zero-order chi connectivity index (χ0) is 32.2. The van der Waals surface area contributed by atoms with Gasteiger partial charge in [-0.3, -0.25) is 0 Å². The van der Waals surface area contributed by atoms with Crippen molar-refractivity contribution >= 4 is 49.3 Å². The lowest BCUT2D eigenvalue weighted by Crippen LogP contribution is -2.00. The number of fused-ring (bicyclic) bond motifs is 6. The molecule has 0 aliphatic rings. The molecule has 0 saturated heterocycles. The van der Waals surface area contributed by atoms with Crippen LogP contribution in [0.2, 0.25) is 0 Å². The van der Waals surface area contributed by atoms with Crippen molar-refractivity contribution in [1.82, 2.24) is 9.13 Å². The highest BCUT2D eigenvalue weighted by molar-refractivity contribution is 6.11. The highest BCUT2D eigenvalue weighted by Gasteiger charge is 2.19. The third-order valence-corrected chi connectivity index (χ3v) is 9.39. The van der Waals surface area contributed by atoms with Crippen LogP contribution in [0.25, 0.3) is 82.1 Å². The van der Waals surface area contributed by atoms with Crippen LogP contribution in [0.1, 0.15) is 5.56 Å². The van der Waals surface area contributed by atoms with E-state index in [4.69, 9.17) is 6.57 Å². The second-order valence-electron chi connectivity index (χ2n) is 11.9. The Morgan fingerprint density at radius 3 is 1.60 bits per heavy atom. The molecule has 48 heavy (non-hydrogen) atoms. The molecule has 2 aromatic heterocycles. The Morgan fingerprint density at radius 2 is 0.958 bits per heavy atom. The van der Waals surface area contributed by atoms with Crippen LogP contribution in [0, 0.1) is 17.9 Å². The first-order valence-electron chi connectivity index (χ1n) is 15.9.